The van der Waals surface area contributed by atoms with E-state index in [4.69, 9.17) is 0 Å². The highest BCUT2D eigenvalue weighted by molar-refractivity contribution is 7.93. The SMILES string of the molecule is CC.CC1c2ccccc2S(=O)(=O)C(C)(C)C(C)(C)C1O. The molecule has 0 amide bonds. The monoisotopic (exact) mass is 312 g/mol. The second-order valence-electron chi connectivity index (χ2n) is 6.51. The summed E-state index contributed by atoms with van der Waals surface area (Å²) >= 11 is 0. The Morgan fingerprint density at radius 3 is 2.05 bits per heavy atom. The average molecular weight is 312 g/mol. The van der Waals surface area contributed by atoms with Crippen LogP contribution in [0.3, 0.4) is 0 Å². The van der Waals surface area contributed by atoms with Crippen molar-refractivity contribution in [2.45, 2.75) is 70.1 Å². The molecule has 21 heavy (non-hydrogen) atoms. The number of hydrogen-bond donors (Lipinski definition) is 1. The fourth-order valence-electron chi connectivity index (χ4n) is 2.87. The number of benzene rings is 1. The smallest absolute Gasteiger partial charge is 0.184 e. The average Bonchev–Trinajstić information content (AvgIpc) is 2.48. The van der Waals surface area contributed by atoms with Crippen LogP contribution in [0.2, 0.25) is 0 Å². The van der Waals surface area contributed by atoms with E-state index < -0.39 is 26.1 Å². The molecule has 2 rings (SSSR count). The van der Waals surface area contributed by atoms with Crippen LogP contribution in [0, 0.1) is 5.41 Å². The molecule has 0 fully saturated rings. The third-order valence-electron chi connectivity index (χ3n) is 5.14. The molecular formula is C17H28O3S. The first kappa shape index (κ1) is 18.2. The normalized spacial score (nSPS) is 28.6. The van der Waals surface area contributed by atoms with Gasteiger partial charge in [0.15, 0.2) is 9.84 Å². The van der Waals surface area contributed by atoms with Gasteiger partial charge in [-0.05, 0) is 25.5 Å². The zero-order valence-electron chi connectivity index (χ0n) is 14.1. The van der Waals surface area contributed by atoms with E-state index in [9.17, 15) is 13.5 Å². The van der Waals surface area contributed by atoms with Crippen molar-refractivity contribution < 1.29 is 13.5 Å². The van der Waals surface area contributed by atoms with E-state index >= 15 is 0 Å². The fraction of sp³-hybridized carbons (Fsp3) is 0.647. The summed E-state index contributed by atoms with van der Waals surface area (Å²) in [5.74, 6) is -0.206. The van der Waals surface area contributed by atoms with Crippen molar-refractivity contribution in [1.82, 2.24) is 0 Å². The summed E-state index contributed by atoms with van der Waals surface area (Å²) in [6.07, 6.45) is -0.707. The molecule has 0 aromatic heterocycles. The van der Waals surface area contributed by atoms with Crippen molar-refractivity contribution in [1.29, 1.82) is 0 Å². The molecule has 4 heteroatoms. The first-order valence-corrected chi connectivity index (χ1v) is 9.05. The largest absolute Gasteiger partial charge is 0.392 e. The van der Waals surface area contributed by atoms with Crippen LogP contribution in [0.25, 0.3) is 0 Å². The highest BCUT2D eigenvalue weighted by atomic mass is 32.2. The molecule has 2 unspecified atom stereocenters. The van der Waals surface area contributed by atoms with Gasteiger partial charge in [0, 0.05) is 11.3 Å². The Morgan fingerprint density at radius 1 is 1.05 bits per heavy atom. The lowest BCUT2D eigenvalue weighted by molar-refractivity contribution is 0.0118. The minimum atomic E-state index is -3.49. The second kappa shape index (κ2) is 5.73. The van der Waals surface area contributed by atoms with E-state index in [1.165, 1.54) is 0 Å². The van der Waals surface area contributed by atoms with Gasteiger partial charge in [0.1, 0.15) is 0 Å². The molecule has 1 aromatic carbocycles. The van der Waals surface area contributed by atoms with Gasteiger partial charge in [0.25, 0.3) is 0 Å². The van der Waals surface area contributed by atoms with Gasteiger partial charge in [0.05, 0.1) is 15.7 Å². The molecular weight excluding hydrogens is 284 g/mol. The van der Waals surface area contributed by atoms with Crippen molar-refractivity contribution in [2.24, 2.45) is 5.41 Å². The summed E-state index contributed by atoms with van der Waals surface area (Å²) in [4.78, 5) is 0.358. The number of hydrogen-bond acceptors (Lipinski definition) is 3. The summed E-state index contributed by atoms with van der Waals surface area (Å²) in [5.41, 5.74) is -0.0155. The molecule has 120 valence electrons. The molecule has 1 heterocycles. The summed E-state index contributed by atoms with van der Waals surface area (Å²) in [5, 5.41) is 10.6. The summed E-state index contributed by atoms with van der Waals surface area (Å²) in [6.45, 7) is 13.0. The molecule has 1 aliphatic rings. The number of sulfone groups is 1. The van der Waals surface area contributed by atoms with Gasteiger partial charge in [-0.15, -0.1) is 0 Å². The molecule has 1 aromatic rings. The summed E-state index contributed by atoms with van der Waals surface area (Å²) < 4.78 is 24.9. The topological polar surface area (TPSA) is 54.4 Å². The molecule has 0 aliphatic carbocycles. The highest BCUT2D eigenvalue weighted by Gasteiger charge is 2.56. The molecule has 0 saturated carbocycles. The van der Waals surface area contributed by atoms with Gasteiger partial charge in [0.2, 0.25) is 0 Å². The van der Waals surface area contributed by atoms with Gasteiger partial charge in [-0.3, -0.25) is 0 Å². The quantitative estimate of drug-likeness (QED) is 0.793. The van der Waals surface area contributed by atoms with Gasteiger partial charge < -0.3 is 5.11 Å². The maximum atomic E-state index is 12.9. The van der Waals surface area contributed by atoms with Crippen molar-refractivity contribution in [3.8, 4) is 0 Å². The van der Waals surface area contributed by atoms with Crippen LogP contribution in [-0.2, 0) is 9.84 Å². The predicted octanol–water partition coefficient (Wildman–Crippen LogP) is 3.77. The van der Waals surface area contributed by atoms with Crippen LogP contribution in [0.4, 0.5) is 0 Å². The number of fused-ring (bicyclic) bond motifs is 1. The van der Waals surface area contributed by atoms with Crippen molar-refractivity contribution in [3.05, 3.63) is 29.8 Å². The van der Waals surface area contributed by atoms with E-state index in [1.807, 2.05) is 40.7 Å². The Morgan fingerprint density at radius 2 is 1.52 bits per heavy atom. The molecule has 0 saturated heterocycles. The maximum absolute atomic E-state index is 12.9. The van der Waals surface area contributed by atoms with Crippen LogP contribution in [0.1, 0.15) is 59.9 Å². The van der Waals surface area contributed by atoms with Gasteiger partial charge in [-0.2, -0.15) is 0 Å². The lowest BCUT2D eigenvalue weighted by Gasteiger charge is -2.43. The standard InChI is InChI=1S/C15H22O3S.C2H6/c1-10-11-8-6-7-9-12(11)19(17,18)15(4,5)14(2,3)13(10)16;1-2/h6-10,13,16H,1-5H3;1-2H3. The van der Waals surface area contributed by atoms with Crippen molar-refractivity contribution >= 4 is 9.84 Å². The third kappa shape index (κ3) is 2.42. The van der Waals surface area contributed by atoms with Crippen LogP contribution in [0.15, 0.2) is 29.2 Å². The van der Waals surface area contributed by atoms with Crippen molar-refractivity contribution in [3.63, 3.8) is 0 Å². The first-order chi connectivity index (χ1) is 9.55. The van der Waals surface area contributed by atoms with E-state index in [-0.39, 0.29) is 5.92 Å². The molecule has 1 N–H and O–H groups in total. The number of aliphatic hydroxyl groups is 1. The lowest BCUT2D eigenvalue weighted by atomic mass is 9.70. The van der Waals surface area contributed by atoms with Crippen molar-refractivity contribution in [2.75, 3.05) is 0 Å². The molecule has 0 spiro atoms. The molecule has 0 bridgehead atoms. The molecule has 3 nitrogen and oxygen atoms in total. The molecule has 1 aliphatic heterocycles. The van der Waals surface area contributed by atoms with E-state index in [2.05, 4.69) is 0 Å². The van der Waals surface area contributed by atoms with Crippen LogP contribution in [-0.4, -0.2) is 24.4 Å². The van der Waals surface area contributed by atoms with Gasteiger partial charge in [-0.25, -0.2) is 8.42 Å². The first-order valence-electron chi connectivity index (χ1n) is 7.57. The zero-order chi connectivity index (χ0) is 16.6. The Kier molecular flexibility index (Phi) is 4.96. The van der Waals surface area contributed by atoms with Crippen LogP contribution >= 0.6 is 0 Å². The highest BCUT2D eigenvalue weighted by Crippen LogP contribution is 2.50. The Labute approximate surface area is 129 Å². The number of aliphatic hydroxyl groups excluding tert-OH is 1. The van der Waals surface area contributed by atoms with Crippen LogP contribution in [0.5, 0.6) is 0 Å². The van der Waals surface area contributed by atoms with Gasteiger partial charge in [-0.1, -0.05) is 52.8 Å². The summed E-state index contributed by atoms with van der Waals surface area (Å²) in [6, 6.07) is 7.02. The minimum Gasteiger partial charge on any atom is -0.392 e. The van der Waals surface area contributed by atoms with E-state index in [0.717, 1.165) is 0 Å². The number of rotatable bonds is 0. The Balaban J connectivity index is 0.00000106. The zero-order valence-corrected chi connectivity index (χ0v) is 15.0. The maximum Gasteiger partial charge on any atom is 0.184 e. The summed E-state index contributed by atoms with van der Waals surface area (Å²) in [7, 11) is -3.49. The molecule has 2 atom stereocenters. The Hall–Kier alpha value is -0.870. The second-order valence-corrected chi connectivity index (χ2v) is 8.97. The van der Waals surface area contributed by atoms with Gasteiger partial charge >= 0.3 is 0 Å². The Bertz CT molecular complexity index is 600. The van der Waals surface area contributed by atoms with Crippen LogP contribution < -0.4 is 0 Å². The lowest BCUT2D eigenvalue weighted by Crippen LogP contribution is -2.51. The van der Waals surface area contributed by atoms with E-state index in [0.29, 0.717) is 10.5 Å². The van der Waals surface area contributed by atoms with E-state index in [1.54, 1.807) is 32.0 Å². The minimum absolute atomic E-state index is 0.206. The third-order valence-corrected chi connectivity index (χ3v) is 7.96. The predicted molar refractivity (Wildman–Crippen MR) is 87.3 cm³/mol. The fourth-order valence-corrected chi connectivity index (χ4v) is 5.06. The molecule has 0 radical (unpaired) electrons.